The number of anilines is 3. The van der Waals surface area contributed by atoms with Crippen molar-refractivity contribution in [3.05, 3.63) is 60.2 Å². The first kappa shape index (κ1) is 24.9. The lowest BCUT2D eigenvalue weighted by molar-refractivity contribution is -0.105. The average Bonchev–Trinajstić information content (AvgIpc) is 3.37. The molecule has 1 amide bonds. The fraction of sp³-hybridized carbons (Fsp3) is 0.346. The summed E-state index contributed by atoms with van der Waals surface area (Å²) in [5.74, 6) is 1.12. The van der Waals surface area contributed by atoms with E-state index in [1.54, 1.807) is 18.2 Å². The maximum Gasteiger partial charge on any atom is 0.211 e. The molecule has 1 saturated carbocycles. The Morgan fingerprint density at radius 3 is 2.83 bits per heavy atom. The molecule has 3 aromatic rings. The molecule has 5 rings (SSSR count). The molecule has 35 heavy (non-hydrogen) atoms. The first-order chi connectivity index (χ1) is 16.9. The summed E-state index contributed by atoms with van der Waals surface area (Å²) < 4.78 is 19.6. The minimum atomic E-state index is -0.495. The number of hydrogen-bond acceptors (Lipinski definition) is 6. The minimum Gasteiger partial charge on any atom is -0.491 e. The Morgan fingerprint density at radius 1 is 1.34 bits per heavy atom. The number of ether oxygens (including phenoxy) is 1. The molecule has 1 aromatic heterocycles. The smallest absolute Gasteiger partial charge is 0.211 e. The van der Waals surface area contributed by atoms with Crippen LogP contribution in [0.5, 0.6) is 5.75 Å². The first-order valence-corrected chi connectivity index (χ1v) is 11.9. The summed E-state index contributed by atoms with van der Waals surface area (Å²) in [4.78, 5) is 22.3. The molecule has 2 fully saturated rings. The van der Waals surface area contributed by atoms with Crippen molar-refractivity contribution < 1.29 is 13.9 Å². The summed E-state index contributed by atoms with van der Waals surface area (Å²) in [6, 6.07) is 7.92. The average molecular weight is 498 g/mol. The number of fused-ring (bicyclic) bond motifs is 1. The van der Waals surface area contributed by atoms with Gasteiger partial charge in [-0.05, 0) is 63.0 Å². The molecule has 2 heterocycles. The van der Waals surface area contributed by atoms with Gasteiger partial charge in [0.1, 0.15) is 23.7 Å². The predicted octanol–water partition coefficient (Wildman–Crippen LogP) is 5.65. The molecule has 1 spiro atoms. The van der Waals surface area contributed by atoms with Gasteiger partial charge in [0.2, 0.25) is 6.41 Å². The third-order valence-corrected chi connectivity index (χ3v) is 6.80. The Kier molecular flexibility index (Phi) is 7.52. The third-order valence-electron chi connectivity index (χ3n) is 6.51. The summed E-state index contributed by atoms with van der Waals surface area (Å²) >= 11 is 5.89. The van der Waals surface area contributed by atoms with Crippen LogP contribution < -0.4 is 15.4 Å². The maximum atomic E-state index is 13.5. The number of hydrogen-bond donors (Lipinski definition) is 2. The normalized spacial score (nSPS) is 20.7. The van der Waals surface area contributed by atoms with Crippen LogP contribution in [0.15, 0.2) is 49.3 Å². The van der Waals surface area contributed by atoms with Gasteiger partial charge in [0.25, 0.3) is 0 Å². The van der Waals surface area contributed by atoms with E-state index in [9.17, 15) is 9.18 Å². The van der Waals surface area contributed by atoms with Crippen molar-refractivity contribution in [3.8, 4) is 5.75 Å². The topological polar surface area (TPSA) is 79.4 Å². The highest BCUT2D eigenvalue weighted by molar-refractivity contribution is 6.31. The van der Waals surface area contributed by atoms with E-state index in [0.29, 0.717) is 58.2 Å². The zero-order valence-corrected chi connectivity index (χ0v) is 20.6. The van der Waals surface area contributed by atoms with Crippen molar-refractivity contribution in [2.45, 2.75) is 19.8 Å². The molecule has 0 radical (unpaired) electrons. The molecule has 9 heteroatoms. The highest BCUT2D eigenvalue weighted by Gasteiger charge is 2.56. The molecule has 7 nitrogen and oxygen atoms in total. The Morgan fingerprint density at radius 2 is 2.14 bits per heavy atom. The molecular weight excluding hydrogens is 469 g/mol. The van der Waals surface area contributed by atoms with E-state index in [0.717, 1.165) is 13.1 Å². The number of likely N-dealkylation sites (tertiary alicyclic amines) is 1. The Bertz CT molecular complexity index is 1240. The van der Waals surface area contributed by atoms with Gasteiger partial charge in [0.15, 0.2) is 0 Å². The van der Waals surface area contributed by atoms with Gasteiger partial charge in [-0.3, -0.25) is 4.79 Å². The summed E-state index contributed by atoms with van der Waals surface area (Å²) in [5, 5.41) is 6.56. The summed E-state index contributed by atoms with van der Waals surface area (Å²) in [6.07, 6.45) is 6.20. The second-order valence-electron chi connectivity index (χ2n) is 9.07. The molecule has 2 aliphatic rings. The highest BCUT2D eigenvalue weighted by Crippen LogP contribution is 2.58. The van der Waals surface area contributed by atoms with Crippen molar-refractivity contribution in [3.63, 3.8) is 0 Å². The molecule has 184 valence electrons. The number of nitrogens with zero attached hydrogens (tertiary/aromatic N) is 3. The number of benzene rings is 2. The molecule has 2 unspecified atom stereocenters. The Hall–Kier alpha value is -3.23. The van der Waals surface area contributed by atoms with Crippen molar-refractivity contribution in [2.24, 2.45) is 11.3 Å². The quantitative estimate of drug-likeness (QED) is 0.324. The number of nitrogens with one attached hydrogen (secondary N) is 2. The summed E-state index contributed by atoms with van der Waals surface area (Å²) in [7, 11) is 2.16. The van der Waals surface area contributed by atoms with Crippen LogP contribution in [0, 0.1) is 17.2 Å². The summed E-state index contributed by atoms with van der Waals surface area (Å²) in [5.41, 5.74) is 2.18. The van der Waals surface area contributed by atoms with Gasteiger partial charge in [0.05, 0.1) is 22.8 Å². The molecule has 1 aliphatic carbocycles. The van der Waals surface area contributed by atoms with E-state index in [2.05, 4.69) is 39.1 Å². The predicted molar refractivity (Wildman–Crippen MR) is 138 cm³/mol. The molecule has 2 aromatic carbocycles. The molecular formula is C26H29ClFN5O2. The van der Waals surface area contributed by atoms with Gasteiger partial charge >= 0.3 is 0 Å². The molecule has 1 aliphatic heterocycles. The fourth-order valence-electron chi connectivity index (χ4n) is 4.66. The van der Waals surface area contributed by atoms with Crippen LogP contribution in [0.3, 0.4) is 0 Å². The lowest BCUT2D eigenvalue weighted by Gasteiger charge is -2.15. The van der Waals surface area contributed by atoms with Crippen LogP contribution in [-0.2, 0) is 4.79 Å². The third kappa shape index (κ3) is 5.55. The Labute approximate surface area is 209 Å². The van der Waals surface area contributed by atoms with Crippen LogP contribution in [-0.4, -0.2) is 48.0 Å². The van der Waals surface area contributed by atoms with Gasteiger partial charge < -0.3 is 20.3 Å². The maximum absolute atomic E-state index is 13.5. The Balaban J connectivity index is 0.000000917. The standard InChI is InChI=1S/C23H23ClFN5O2.C3H6/c1-30-5-4-23(11-30)9-14(23)10-32-21-8-19-16(7-20(21)28-13-31)22(27-12-26-19)29-15-2-3-18(25)17(24)6-15;1-3-2/h2-3,6-8,12-14H,4-5,9-11H2,1H3,(H,28,31)(H,26,27,29);3H,1H2,2H3. The van der Waals surface area contributed by atoms with Crippen LogP contribution >= 0.6 is 11.6 Å². The molecule has 1 saturated heterocycles. The van der Waals surface area contributed by atoms with Gasteiger partial charge in [-0.2, -0.15) is 0 Å². The number of allylic oxidation sites excluding steroid dienone is 1. The number of aromatic nitrogens is 2. The lowest BCUT2D eigenvalue weighted by Crippen LogP contribution is -2.17. The van der Waals surface area contributed by atoms with Crippen molar-refractivity contribution in [2.75, 3.05) is 37.4 Å². The van der Waals surface area contributed by atoms with Gasteiger partial charge in [-0.25, -0.2) is 14.4 Å². The van der Waals surface area contributed by atoms with Gasteiger partial charge in [0, 0.05) is 29.6 Å². The van der Waals surface area contributed by atoms with E-state index in [1.807, 2.05) is 13.0 Å². The summed E-state index contributed by atoms with van der Waals surface area (Å²) in [6.45, 7) is 8.11. The number of carbonyl (C=O) groups excluding carboxylic acids is 1. The second kappa shape index (κ2) is 10.6. The minimum absolute atomic E-state index is 0.0127. The van der Waals surface area contributed by atoms with Crippen molar-refractivity contribution in [1.29, 1.82) is 0 Å². The number of amides is 1. The fourth-order valence-corrected chi connectivity index (χ4v) is 4.84. The monoisotopic (exact) mass is 497 g/mol. The van der Waals surface area contributed by atoms with Crippen LogP contribution in [0.2, 0.25) is 5.02 Å². The SMILES string of the molecule is C=CC.CN1CCC2(CC2COc2cc3ncnc(Nc4ccc(F)c(Cl)c4)c3cc2NC=O)C1. The first-order valence-electron chi connectivity index (χ1n) is 11.5. The lowest BCUT2D eigenvalue weighted by atomic mass is 10.0. The second-order valence-corrected chi connectivity index (χ2v) is 9.48. The van der Waals surface area contributed by atoms with E-state index >= 15 is 0 Å². The molecule has 2 atom stereocenters. The largest absolute Gasteiger partial charge is 0.491 e. The number of carbonyl (C=O) groups is 1. The van der Waals surface area contributed by atoms with Crippen molar-refractivity contribution >= 4 is 46.1 Å². The van der Waals surface area contributed by atoms with E-state index in [4.69, 9.17) is 16.3 Å². The van der Waals surface area contributed by atoms with E-state index < -0.39 is 5.82 Å². The van der Waals surface area contributed by atoms with E-state index in [1.165, 1.54) is 31.3 Å². The molecule has 2 N–H and O–H groups in total. The number of halogens is 2. The van der Waals surface area contributed by atoms with Crippen LogP contribution in [0.4, 0.5) is 21.6 Å². The zero-order valence-electron chi connectivity index (χ0n) is 19.9. The highest BCUT2D eigenvalue weighted by atomic mass is 35.5. The van der Waals surface area contributed by atoms with Crippen LogP contribution in [0.1, 0.15) is 19.8 Å². The van der Waals surface area contributed by atoms with E-state index in [-0.39, 0.29) is 5.02 Å². The van der Waals surface area contributed by atoms with Crippen molar-refractivity contribution in [1.82, 2.24) is 14.9 Å². The van der Waals surface area contributed by atoms with Gasteiger partial charge in [-0.15, -0.1) is 6.58 Å². The van der Waals surface area contributed by atoms with Crippen LogP contribution in [0.25, 0.3) is 10.9 Å². The van der Waals surface area contributed by atoms with Gasteiger partial charge in [-0.1, -0.05) is 17.7 Å². The number of rotatable bonds is 7. The molecule has 0 bridgehead atoms. The zero-order chi connectivity index (χ0) is 25.0.